The molecule has 0 saturated carbocycles. The first-order valence-corrected chi connectivity index (χ1v) is 8.56. The van der Waals surface area contributed by atoms with Crippen molar-refractivity contribution in [3.8, 4) is 0 Å². The van der Waals surface area contributed by atoms with E-state index < -0.39 is 0 Å². The van der Waals surface area contributed by atoms with E-state index in [9.17, 15) is 4.79 Å². The number of rotatable bonds is 5. The van der Waals surface area contributed by atoms with Crippen molar-refractivity contribution in [1.29, 1.82) is 0 Å². The molecule has 6 heteroatoms. The third kappa shape index (κ3) is 3.29. The molecule has 0 radical (unpaired) electrons. The number of hydrogen-bond acceptors (Lipinski definition) is 4. The molecule has 1 aromatic carbocycles. The van der Waals surface area contributed by atoms with Gasteiger partial charge in [-0.3, -0.25) is 4.79 Å². The second kappa shape index (κ2) is 6.70. The van der Waals surface area contributed by atoms with Crippen LogP contribution in [-0.2, 0) is 11.2 Å². The van der Waals surface area contributed by atoms with Gasteiger partial charge in [0.05, 0.1) is 29.2 Å². The summed E-state index contributed by atoms with van der Waals surface area (Å²) in [6, 6.07) is 8.10. The molecule has 0 spiro atoms. The van der Waals surface area contributed by atoms with E-state index in [-0.39, 0.29) is 24.4 Å². The van der Waals surface area contributed by atoms with Crippen LogP contribution in [0.25, 0.3) is 11.0 Å². The van der Waals surface area contributed by atoms with Crippen LogP contribution in [0.2, 0.25) is 0 Å². The van der Waals surface area contributed by atoms with Gasteiger partial charge in [-0.05, 0) is 46.8 Å². The zero-order chi connectivity index (χ0) is 18.1. The molecule has 25 heavy (non-hydrogen) atoms. The number of hydrogen-bond donors (Lipinski definition) is 1. The molecule has 0 aliphatic carbocycles. The molecule has 1 amide bonds. The van der Waals surface area contributed by atoms with E-state index in [0.717, 1.165) is 28.1 Å². The number of para-hydroxylation sites is 2. The molecule has 0 fully saturated rings. The Bertz CT molecular complexity index is 888. The topological polar surface area (TPSA) is 73.0 Å². The molecule has 2 aromatic heterocycles. The average molecular weight is 340 g/mol. The maximum atomic E-state index is 12.5. The van der Waals surface area contributed by atoms with E-state index in [0.29, 0.717) is 5.76 Å². The number of nitrogens with zero attached hydrogens (tertiary/aromatic N) is 3. The zero-order valence-corrected chi connectivity index (χ0v) is 15.3. The van der Waals surface area contributed by atoms with Gasteiger partial charge in [0.1, 0.15) is 11.6 Å². The van der Waals surface area contributed by atoms with Gasteiger partial charge >= 0.3 is 0 Å². The maximum absolute atomic E-state index is 12.5. The molecule has 0 bridgehead atoms. The van der Waals surface area contributed by atoms with E-state index >= 15 is 0 Å². The molecule has 0 aliphatic heterocycles. The van der Waals surface area contributed by atoms with E-state index in [1.807, 2.05) is 39.0 Å². The molecule has 2 heterocycles. The Morgan fingerprint density at radius 3 is 2.60 bits per heavy atom. The number of nitrogens with one attached hydrogen (secondary N) is 1. The van der Waals surface area contributed by atoms with Crippen molar-refractivity contribution in [3.05, 3.63) is 47.1 Å². The van der Waals surface area contributed by atoms with Crippen molar-refractivity contribution >= 4 is 16.9 Å². The van der Waals surface area contributed by atoms with Gasteiger partial charge < -0.3 is 14.4 Å². The minimum atomic E-state index is -0.192. The van der Waals surface area contributed by atoms with E-state index in [4.69, 9.17) is 9.51 Å². The van der Waals surface area contributed by atoms with E-state index in [1.54, 1.807) is 0 Å². The highest BCUT2D eigenvalue weighted by Gasteiger charge is 2.21. The van der Waals surface area contributed by atoms with Gasteiger partial charge in [-0.1, -0.05) is 17.3 Å². The molecule has 3 rings (SSSR count). The summed E-state index contributed by atoms with van der Waals surface area (Å²) < 4.78 is 7.31. The quantitative estimate of drug-likeness (QED) is 0.769. The number of carbonyl (C=O) groups is 1. The van der Waals surface area contributed by atoms with Crippen LogP contribution in [0, 0.1) is 13.8 Å². The number of fused-ring (bicyclic) bond motifs is 1. The Morgan fingerprint density at radius 1 is 1.24 bits per heavy atom. The third-order valence-electron chi connectivity index (χ3n) is 4.42. The number of imidazole rings is 1. The summed E-state index contributed by atoms with van der Waals surface area (Å²) in [6.07, 6.45) is 0.257. The number of carbonyl (C=O) groups excluding carboxylic acids is 1. The minimum absolute atomic E-state index is 0.0655. The zero-order valence-electron chi connectivity index (χ0n) is 15.3. The van der Waals surface area contributed by atoms with Crippen LogP contribution in [0.5, 0.6) is 0 Å². The van der Waals surface area contributed by atoms with Crippen molar-refractivity contribution in [2.24, 2.45) is 0 Å². The Morgan fingerprint density at radius 2 is 1.96 bits per heavy atom. The fourth-order valence-electron chi connectivity index (χ4n) is 3.18. The second-order valence-corrected chi connectivity index (χ2v) is 6.69. The Kier molecular flexibility index (Phi) is 4.61. The molecule has 6 nitrogen and oxygen atoms in total. The molecule has 1 atom stereocenters. The van der Waals surface area contributed by atoms with Gasteiger partial charge in [0.25, 0.3) is 0 Å². The highest BCUT2D eigenvalue weighted by molar-refractivity contribution is 5.80. The van der Waals surface area contributed by atoms with Crippen molar-refractivity contribution in [3.63, 3.8) is 0 Å². The molecule has 1 unspecified atom stereocenters. The van der Waals surface area contributed by atoms with Crippen LogP contribution in [0.4, 0.5) is 0 Å². The highest BCUT2D eigenvalue weighted by Crippen LogP contribution is 2.25. The number of aryl methyl sites for hydroxylation is 2. The van der Waals surface area contributed by atoms with Crippen molar-refractivity contribution in [1.82, 2.24) is 20.0 Å². The summed E-state index contributed by atoms with van der Waals surface area (Å²) in [4.78, 5) is 17.2. The average Bonchev–Trinajstić information content (AvgIpc) is 3.10. The molecule has 0 aliphatic rings. The fraction of sp³-hybridized carbons (Fsp3) is 0.421. The molecule has 3 aromatic rings. The second-order valence-electron chi connectivity index (χ2n) is 6.69. The molecule has 1 N–H and O–H groups in total. The first-order chi connectivity index (χ1) is 11.9. The summed E-state index contributed by atoms with van der Waals surface area (Å²) in [7, 11) is 0. The predicted molar refractivity (Wildman–Crippen MR) is 96.4 cm³/mol. The Labute approximate surface area is 147 Å². The van der Waals surface area contributed by atoms with Crippen LogP contribution >= 0.6 is 0 Å². The van der Waals surface area contributed by atoms with Gasteiger partial charge in [0.15, 0.2) is 0 Å². The van der Waals surface area contributed by atoms with E-state index in [2.05, 4.69) is 35.0 Å². The normalized spacial score (nSPS) is 12.7. The maximum Gasteiger partial charge on any atom is 0.225 e. The Balaban J connectivity index is 1.83. The predicted octanol–water partition coefficient (Wildman–Crippen LogP) is 3.64. The number of benzene rings is 1. The summed E-state index contributed by atoms with van der Waals surface area (Å²) in [5.41, 5.74) is 3.63. The lowest BCUT2D eigenvalue weighted by atomic mass is 10.1. The molecular formula is C19H24N4O2. The molecule has 0 saturated heterocycles. The third-order valence-corrected chi connectivity index (χ3v) is 4.42. The minimum Gasteiger partial charge on any atom is -0.361 e. The lowest BCUT2D eigenvalue weighted by Crippen LogP contribution is -2.30. The van der Waals surface area contributed by atoms with E-state index in [1.165, 1.54) is 0 Å². The summed E-state index contributed by atoms with van der Waals surface area (Å²) in [5, 5.41) is 6.95. The van der Waals surface area contributed by atoms with Gasteiger partial charge in [-0.2, -0.15) is 0 Å². The van der Waals surface area contributed by atoms with Crippen LogP contribution < -0.4 is 5.32 Å². The number of amides is 1. The lowest BCUT2D eigenvalue weighted by molar-refractivity contribution is -0.121. The summed E-state index contributed by atoms with van der Waals surface area (Å²) >= 11 is 0. The fourth-order valence-corrected chi connectivity index (χ4v) is 3.18. The van der Waals surface area contributed by atoms with Crippen LogP contribution in [0.3, 0.4) is 0 Å². The Hall–Kier alpha value is -2.63. The smallest absolute Gasteiger partial charge is 0.225 e. The van der Waals surface area contributed by atoms with Crippen molar-refractivity contribution < 1.29 is 9.32 Å². The largest absolute Gasteiger partial charge is 0.361 e. The van der Waals surface area contributed by atoms with Gasteiger partial charge in [0, 0.05) is 11.6 Å². The van der Waals surface area contributed by atoms with Crippen LogP contribution in [0.15, 0.2) is 28.8 Å². The van der Waals surface area contributed by atoms with Gasteiger partial charge in [-0.25, -0.2) is 4.98 Å². The van der Waals surface area contributed by atoms with Gasteiger partial charge in [0.2, 0.25) is 5.91 Å². The van der Waals surface area contributed by atoms with Crippen LogP contribution in [-0.4, -0.2) is 20.6 Å². The number of aromatic nitrogens is 3. The molecule has 132 valence electrons. The highest BCUT2D eigenvalue weighted by atomic mass is 16.5. The monoisotopic (exact) mass is 340 g/mol. The van der Waals surface area contributed by atoms with Crippen molar-refractivity contribution in [2.45, 2.75) is 53.1 Å². The van der Waals surface area contributed by atoms with Crippen LogP contribution in [0.1, 0.15) is 55.7 Å². The molecular weight excluding hydrogens is 316 g/mol. The lowest BCUT2D eigenvalue weighted by Gasteiger charge is -2.18. The first kappa shape index (κ1) is 17.2. The standard InChI is InChI=1S/C19H24N4O2/c1-11(2)23-17-9-7-6-8-16(17)21-19(23)13(4)20-18(24)10-15-12(3)22-25-14(15)5/h6-9,11,13H,10H2,1-5H3,(H,20,24). The van der Waals surface area contributed by atoms with Crippen molar-refractivity contribution in [2.75, 3.05) is 0 Å². The summed E-state index contributed by atoms with van der Waals surface area (Å²) in [5.74, 6) is 1.49. The SMILES string of the molecule is Cc1noc(C)c1CC(=O)NC(C)c1nc2ccccc2n1C(C)C. The first-order valence-electron chi connectivity index (χ1n) is 8.56. The van der Waals surface area contributed by atoms with Gasteiger partial charge in [-0.15, -0.1) is 0 Å². The summed E-state index contributed by atoms with van der Waals surface area (Å²) in [6.45, 7) is 9.88.